The number of pyridine rings is 1. The molecule has 0 aromatic carbocycles. The van der Waals surface area contributed by atoms with Crippen LogP contribution in [0.3, 0.4) is 0 Å². The van der Waals surface area contributed by atoms with Crippen molar-refractivity contribution in [2.75, 3.05) is 0 Å². The van der Waals surface area contributed by atoms with Gasteiger partial charge in [-0.3, -0.25) is 4.79 Å². The highest BCUT2D eigenvalue weighted by molar-refractivity contribution is 5.66. The first-order valence-corrected chi connectivity index (χ1v) is 3.66. The molecule has 58 valence electrons. The molecule has 1 aromatic heterocycles. The van der Waals surface area contributed by atoms with E-state index < -0.39 is 0 Å². The fourth-order valence-corrected chi connectivity index (χ4v) is 1.17. The van der Waals surface area contributed by atoms with Crippen molar-refractivity contribution < 1.29 is 0 Å². The van der Waals surface area contributed by atoms with Gasteiger partial charge in [-0.25, -0.2) is 0 Å². The Hall–Kier alpha value is -1.75. The number of rotatable bonds is 0. The van der Waals surface area contributed by atoms with E-state index in [1.165, 1.54) is 0 Å². The number of hydrogen-bond donors (Lipinski definition) is 0. The summed E-state index contributed by atoms with van der Waals surface area (Å²) in [5, 5.41) is 0. The van der Waals surface area contributed by atoms with E-state index in [2.05, 4.69) is 11.5 Å². The predicted octanol–water partition coefficient (Wildman–Crippen LogP) is 1.18. The zero-order chi connectivity index (χ0) is 8.55. The molecule has 1 heterocycles. The van der Waals surface area contributed by atoms with E-state index in [9.17, 15) is 4.79 Å². The van der Waals surface area contributed by atoms with Crippen molar-refractivity contribution in [1.29, 1.82) is 0 Å². The minimum absolute atomic E-state index is 0.0118. The van der Waals surface area contributed by atoms with Crippen molar-refractivity contribution in [1.82, 2.24) is 4.57 Å². The van der Waals surface area contributed by atoms with Gasteiger partial charge < -0.3 is 4.57 Å². The summed E-state index contributed by atoms with van der Waals surface area (Å²) in [6, 6.07) is 1.89. The molecule has 0 unspecified atom stereocenters. The normalized spacial score (nSPS) is 11.8. The minimum Gasteiger partial charge on any atom is -0.318 e. The number of hydrogen-bond acceptors (Lipinski definition) is 1. The molecule has 0 atom stereocenters. The molecule has 0 spiro atoms. The van der Waals surface area contributed by atoms with E-state index in [1.807, 2.05) is 6.07 Å². The van der Waals surface area contributed by atoms with Crippen molar-refractivity contribution in [3.05, 3.63) is 45.2 Å². The van der Waals surface area contributed by atoms with E-state index >= 15 is 0 Å². The summed E-state index contributed by atoms with van der Waals surface area (Å²) in [5.41, 5.74) is 7.19. The van der Waals surface area contributed by atoms with Gasteiger partial charge in [0.15, 0.2) is 0 Å². The number of fused-ring (bicyclic) bond motifs is 1. The average molecular weight is 157 g/mol. The molecule has 0 bridgehead atoms. The highest BCUT2D eigenvalue weighted by Crippen LogP contribution is 2.09. The maximum Gasteiger partial charge on any atom is 0.258 e. The van der Waals surface area contributed by atoms with Crippen LogP contribution in [-0.2, 0) is 7.05 Å². The Morgan fingerprint density at radius 1 is 1.33 bits per heavy atom. The van der Waals surface area contributed by atoms with Crippen LogP contribution in [0, 0.1) is 0 Å². The first-order valence-electron chi connectivity index (χ1n) is 3.66. The smallest absolute Gasteiger partial charge is 0.258 e. The van der Waals surface area contributed by atoms with Crippen LogP contribution in [-0.4, -0.2) is 4.57 Å². The van der Waals surface area contributed by atoms with Crippen LogP contribution in [0.1, 0.15) is 11.1 Å². The molecule has 0 N–H and O–H groups in total. The lowest BCUT2D eigenvalue weighted by atomic mass is 10.1. The molecule has 1 aromatic rings. The summed E-state index contributed by atoms with van der Waals surface area (Å²) >= 11 is 0. The highest BCUT2D eigenvalue weighted by atomic mass is 16.1. The van der Waals surface area contributed by atoms with Gasteiger partial charge in [0.05, 0.1) is 5.56 Å². The first-order chi connectivity index (χ1) is 5.79. The molecule has 2 heteroatoms. The van der Waals surface area contributed by atoms with E-state index in [-0.39, 0.29) is 5.56 Å². The summed E-state index contributed by atoms with van der Waals surface area (Å²) in [6.07, 6.45) is 5.17. The van der Waals surface area contributed by atoms with Crippen LogP contribution in [0.15, 0.2) is 28.5 Å². The van der Waals surface area contributed by atoms with Crippen LogP contribution in [0.2, 0.25) is 0 Å². The third-order valence-electron chi connectivity index (χ3n) is 1.87. The Morgan fingerprint density at radius 2 is 2.08 bits per heavy atom. The van der Waals surface area contributed by atoms with Gasteiger partial charge in [-0.05, 0) is 17.7 Å². The number of aromatic nitrogens is 1. The van der Waals surface area contributed by atoms with Crippen LogP contribution < -0.4 is 5.56 Å². The summed E-state index contributed by atoms with van der Waals surface area (Å²) in [6.45, 7) is 0. The molecule has 1 aliphatic carbocycles. The van der Waals surface area contributed by atoms with E-state index in [0.717, 1.165) is 5.56 Å². The fraction of sp³-hybridized carbons (Fsp3) is 0.100. The Labute approximate surface area is 69.8 Å². The Bertz CT molecular complexity index is 481. The van der Waals surface area contributed by atoms with Gasteiger partial charge in [0.2, 0.25) is 0 Å². The molecule has 1 aliphatic rings. The molecular weight excluding hydrogens is 150 g/mol. The second-order valence-corrected chi connectivity index (χ2v) is 2.68. The molecule has 0 saturated heterocycles. The summed E-state index contributed by atoms with van der Waals surface area (Å²) < 4.78 is 1.55. The number of aryl methyl sites for hydroxylation is 1. The Kier molecular flexibility index (Phi) is 1.38. The lowest BCUT2D eigenvalue weighted by Gasteiger charge is -2.02. The standard InChI is InChI=1S/C10H7NO/c1-11-7-6-8-4-2-3-5-9(8)10(11)12/h4-7H,1H3. The second kappa shape index (κ2) is 2.38. The molecule has 0 radical (unpaired) electrons. The quantitative estimate of drug-likeness (QED) is 0.526. The molecule has 0 amide bonds. The molecule has 2 nitrogen and oxygen atoms in total. The fourth-order valence-electron chi connectivity index (χ4n) is 1.17. The maximum atomic E-state index is 11.5. The van der Waals surface area contributed by atoms with Gasteiger partial charge in [-0.2, -0.15) is 0 Å². The SMILES string of the molecule is Cn1ccc2c(c1=O)C=C=C=C2. The Morgan fingerprint density at radius 3 is 2.92 bits per heavy atom. The highest BCUT2D eigenvalue weighted by Gasteiger charge is 2.03. The second-order valence-electron chi connectivity index (χ2n) is 2.68. The third-order valence-corrected chi connectivity index (χ3v) is 1.87. The zero-order valence-corrected chi connectivity index (χ0v) is 6.66. The molecule has 12 heavy (non-hydrogen) atoms. The van der Waals surface area contributed by atoms with E-state index in [0.29, 0.717) is 5.56 Å². The van der Waals surface area contributed by atoms with E-state index in [1.54, 1.807) is 30.0 Å². The topological polar surface area (TPSA) is 22.0 Å². The number of nitrogens with zero attached hydrogens (tertiary/aromatic N) is 1. The van der Waals surface area contributed by atoms with Crippen LogP contribution in [0.25, 0.3) is 12.2 Å². The molecule has 0 saturated carbocycles. The van der Waals surface area contributed by atoms with Crippen molar-refractivity contribution in [2.24, 2.45) is 7.05 Å². The van der Waals surface area contributed by atoms with Crippen LogP contribution >= 0.6 is 0 Å². The molecule has 0 fully saturated rings. The predicted molar refractivity (Wildman–Crippen MR) is 47.6 cm³/mol. The van der Waals surface area contributed by atoms with Gasteiger partial charge in [0.25, 0.3) is 5.56 Å². The van der Waals surface area contributed by atoms with Crippen molar-refractivity contribution >= 4 is 12.2 Å². The van der Waals surface area contributed by atoms with Gasteiger partial charge in [-0.1, -0.05) is 11.5 Å². The van der Waals surface area contributed by atoms with Crippen molar-refractivity contribution in [3.63, 3.8) is 0 Å². The van der Waals surface area contributed by atoms with Gasteiger partial charge >= 0.3 is 0 Å². The van der Waals surface area contributed by atoms with E-state index in [4.69, 9.17) is 0 Å². The van der Waals surface area contributed by atoms with Gasteiger partial charge in [0, 0.05) is 19.3 Å². The zero-order valence-electron chi connectivity index (χ0n) is 6.66. The Balaban J connectivity index is 2.87. The lowest BCUT2D eigenvalue weighted by molar-refractivity contribution is 0.856. The van der Waals surface area contributed by atoms with Gasteiger partial charge in [-0.15, -0.1) is 0 Å². The summed E-state index contributed by atoms with van der Waals surface area (Å²) in [4.78, 5) is 11.5. The third kappa shape index (κ3) is 0.876. The van der Waals surface area contributed by atoms with Crippen molar-refractivity contribution in [3.8, 4) is 0 Å². The maximum absolute atomic E-state index is 11.5. The van der Waals surface area contributed by atoms with Crippen molar-refractivity contribution in [2.45, 2.75) is 0 Å². The first kappa shape index (κ1) is 6.93. The molecule has 2 rings (SSSR count). The average Bonchev–Trinajstić information content (AvgIpc) is 2.12. The summed E-state index contributed by atoms with van der Waals surface area (Å²) in [5.74, 6) is 0. The minimum atomic E-state index is 0.0118. The summed E-state index contributed by atoms with van der Waals surface area (Å²) in [7, 11) is 1.73. The molecular formula is C10H7NO. The lowest BCUT2D eigenvalue weighted by Crippen LogP contribution is -2.19. The molecule has 0 aliphatic heterocycles. The van der Waals surface area contributed by atoms with Crippen LogP contribution in [0.5, 0.6) is 0 Å². The largest absolute Gasteiger partial charge is 0.318 e. The van der Waals surface area contributed by atoms with Gasteiger partial charge in [0.1, 0.15) is 0 Å². The van der Waals surface area contributed by atoms with Crippen LogP contribution in [0.4, 0.5) is 0 Å². The monoisotopic (exact) mass is 157 g/mol.